The molecule has 2 nitrogen and oxygen atoms in total. The maximum absolute atomic E-state index is 11.4. The number of benzene rings is 1. The molecule has 0 amide bonds. The first-order valence-corrected chi connectivity index (χ1v) is 4.44. The van der Waals surface area contributed by atoms with Crippen LogP contribution in [0.4, 0.5) is 0 Å². The lowest BCUT2D eigenvalue weighted by molar-refractivity contribution is 0.0439. The molecule has 0 saturated heterocycles. The summed E-state index contributed by atoms with van der Waals surface area (Å²) in [6.07, 6.45) is 4.55. The molecule has 1 atom stereocenters. The van der Waals surface area contributed by atoms with Crippen LogP contribution in [0.5, 0.6) is 0 Å². The van der Waals surface area contributed by atoms with E-state index in [2.05, 4.69) is 5.92 Å². The van der Waals surface area contributed by atoms with Crippen molar-refractivity contribution in [3.8, 4) is 12.3 Å². The largest absolute Gasteiger partial charge is 0.446 e. The van der Waals surface area contributed by atoms with Crippen LogP contribution in [-0.4, -0.2) is 12.1 Å². The minimum Gasteiger partial charge on any atom is -0.446 e. The minimum absolute atomic E-state index is 0.402. The third-order valence-electron chi connectivity index (χ3n) is 1.58. The van der Waals surface area contributed by atoms with E-state index in [1.165, 1.54) is 6.07 Å². The second kappa shape index (κ2) is 4.69. The van der Waals surface area contributed by atoms with Crippen LogP contribution >= 0.6 is 11.6 Å². The van der Waals surface area contributed by atoms with Crippen LogP contribution in [0.15, 0.2) is 24.3 Å². The van der Waals surface area contributed by atoms with Crippen molar-refractivity contribution in [3.05, 3.63) is 34.9 Å². The summed E-state index contributed by atoms with van der Waals surface area (Å²) in [7, 11) is 0. The topological polar surface area (TPSA) is 26.3 Å². The summed E-state index contributed by atoms with van der Waals surface area (Å²) in [6.45, 7) is 1.63. The first-order chi connectivity index (χ1) is 6.63. The Morgan fingerprint density at radius 1 is 1.64 bits per heavy atom. The summed E-state index contributed by atoms with van der Waals surface area (Å²) in [4.78, 5) is 11.4. The molecule has 0 saturated carbocycles. The molecule has 0 aliphatic heterocycles. The molecule has 0 fully saturated rings. The van der Waals surface area contributed by atoms with Gasteiger partial charge in [0.2, 0.25) is 0 Å². The average Bonchev–Trinajstić information content (AvgIpc) is 2.17. The van der Waals surface area contributed by atoms with E-state index in [0.717, 1.165) is 0 Å². The number of ether oxygens (including phenoxy) is 1. The molecule has 0 aliphatic carbocycles. The van der Waals surface area contributed by atoms with Gasteiger partial charge in [0, 0.05) is 5.02 Å². The Balaban J connectivity index is 2.76. The second-order valence-electron chi connectivity index (χ2n) is 2.72. The number of hydrogen-bond acceptors (Lipinski definition) is 2. The van der Waals surface area contributed by atoms with Crippen molar-refractivity contribution in [2.45, 2.75) is 13.0 Å². The lowest BCUT2D eigenvalue weighted by Gasteiger charge is -2.06. The van der Waals surface area contributed by atoms with Crippen LogP contribution < -0.4 is 0 Å². The number of halogens is 1. The molecule has 0 aliphatic rings. The summed E-state index contributed by atoms with van der Waals surface area (Å²) in [6, 6.07) is 6.52. The molecule has 0 radical (unpaired) electrons. The van der Waals surface area contributed by atoms with E-state index in [4.69, 9.17) is 22.8 Å². The molecule has 1 rings (SSSR count). The van der Waals surface area contributed by atoms with Gasteiger partial charge in [-0.3, -0.25) is 0 Å². The van der Waals surface area contributed by atoms with Crippen molar-refractivity contribution in [1.82, 2.24) is 0 Å². The van der Waals surface area contributed by atoms with Gasteiger partial charge in [0.05, 0.1) is 5.56 Å². The van der Waals surface area contributed by atoms with Gasteiger partial charge in [0.15, 0.2) is 6.10 Å². The molecule has 0 bridgehead atoms. The zero-order chi connectivity index (χ0) is 10.6. The Bertz CT molecular complexity index is 379. The summed E-state index contributed by atoms with van der Waals surface area (Å²) < 4.78 is 4.91. The molecule has 0 heterocycles. The number of carbonyl (C=O) groups excluding carboxylic acids is 1. The normalized spacial score (nSPS) is 11.5. The minimum atomic E-state index is -0.526. The highest BCUT2D eigenvalue weighted by Gasteiger charge is 2.09. The van der Waals surface area contributed by atoms with Gasteiger partial charge < -0.3 is 4.74 Å². The van der Waals surface area contributed by atoms with Gasteiger partial charge in [-0.1, -0.05) is 23.6 Å². The van der Waals surface area contributed by atoms with Crippen LogP contribution in [0.25, 0.3) is 0 Å². The van der Waals surface area contributed by atoms with E-state index < -0.39 is 12.1 Å². The first-order valence-electron chi connectivity index (χ1n) is 4.06. The van der Waals surface area contributed by atoms with Crippen LogP contribution in [0.3, 0.4) is 0 Å². The van der Waals surface area contributed by atoms with Gasteiger partial charge >= 0.3 is 5.97 Å². The number of rotatable bonds is 2. The van der Waals surface area contributed by atoms with Gasteiger partial charge in [-0.15, -0.1) is 6.42 Å². The number of terminal acetylenes is 1. The Hall–Kier alpha value is -1.46. The van der Waals surface area contributed by atoms with E-state index >= 15 is 0 Å². The standard InChI is InChI=1S/C11H9ClO2/c1-3-8(2)14-11(13)9-5-4-6-10(12)7-9/h1,4-8H,2H3. The van der Waals surface area contributed by atoms with Crippen molar-refractivity contribution >= 4 is 17.6 Å². The third kappa shape index (κ3) is 2.79. The van der Waals surface area contributed by atoms with Crippen molar-refractivity contribution in [1.29, 1.82) is 0 Å². The Morgan fingerprint density at radius 3 is 2.93 bits per heavy atom. The fraction of sp³-hybridized carbons (Fsp3) is 0.182. The molecule has 14 heavy (non-hydrogen) atoms. The van der Waals surface area contributed by atoms with Crippen LogP contribution in [-0.2, 0) is 4.74 Å². The molecule has 1 aromatic rings. The van der Waals surface area contributed by atoms with Crippen molar-refractivity contribution in [2.75, 3.05) is 0 Å². The number of hydrogen-bond donors (Lipinski definition) is 0. The summed E-state index contributed by atoms with van der Waals surface area (Å²) in [5.41, 5.74) is 0.402. The van der Waals surface area contributed by atoms with Gasteiger partial charge in [0.1, 0.15) is 0 Å². The summed E-state index contributed by atoms with van der Waals surface area (Å²) >= 11 is 5.71. The molecule has 1 aromatic carbocycles. The van der Waals surface area contributed by atoms with E-state index in [1.807, 2.05) is 0 Å². The Labute approximate surface area is 87.8 Å². The summed E-state index contributed by atoms with van der Waals surface area (Å²) in [5.74, 6) is 1.84. The smallest absolute Gasteiger partial charge is 0.339 e. The van der Waals surface area contributed by atoms with Gasteiger partial charge in [-0.05, 0) is 25.1 Å². The van der Waals surface area contributed by atoms with Crippen LogP contribution in [0.2, 0.25) is 5.02 Å². The predicted octanol–water partition coefficient (Wildman–Crippen LogP) is 2.52. The SMILES string of the molecule is C#CC(C)OC(=O)c1cccc(Cl)c1. The molecular weight excluding hydrogens is 200 g/mol. The quantitative estimate of drug-likeness (QED) is 0.552. The number of carbonyl (C=O) groups is 1. The fourth-order valence-corrected chi connectivity index (χ4v) is 1.07. The fourth-order valence-electron chi connectivity index (χ4n) is 0.878. The molecule has 0 spiro atoms. The predicted molar refractivity (Wildman–Crippen MR) is 55.2 cm³/mol. The second-order valence-corrected chi connectivity index (χ2v) is 3.16. The highest BCUT2D eigenvalue weighted by Crippen LogP contribution is 2.12. The van der Waals surface area contributed by atoms with Crippen molar-refractivity contribution < 1.29 is 9.53 Å². The molecule has 0 N–H and O–H groups in total. The maximum Gasteiger partial charge on any atom is 0.339 e. The van der Waals surface area contributed by atoms with Gasteiger partial charge in [-0.25, -0.2) is 4.79 Å². The van der Waals surface area contributed by atoms with E-state index in [1.54, 1.807) is 25.1 Å². The lowest BCUT2D eigenvalue weighted by atomic mass is 10.2. The van der Waals surface area contributed by atoms with Crippen molar-refractivity contribution in [2.24, 2.45) is 0 Å². The zero-order valence-electron chi connectivity index (χ0n) is 7.66. The molecular formula is C11H9ClO2. The summed E-state index contributed by atoms with van der Waals surface area (Å²) in [5, 5.41) is 0.493. The van der Waals surface area contributed by atoms with Gasteiger partial charge in [0.25, 0.3) is 0 Å². The zero-order valence-corrected chi connectivity index (χ0v) is 8.41. The highest BCUT2D eigenvalue weighted by molar-refractivity contribution is 6.30. The van der Waals surface area contributed by atoms with Crippen LogP contribution in [0, 0.1) is 12.3 Å². The molecule has 1 unspecified atom stereocenters. The lowest BCUT2D eigenvalue weighted by Crippen LogP contribution is -2.12. The van der Waals surface area contributed by atoms with Crippen LogP contribution in [0.1, 0.15) is 17.3 Å². The first kappa shape index (κ1) is 10.6. The Morgan fingerprint density at radius 2 is 2.36 bits per heavy atom. The van der Waals surface area contributed by atoms with E-state index in [-0.39, 0.29) is 0 Å². The van der Waals surface area contributed by atoms with Gasteiger partial charge in [-0.2, -0.15) is 0 Å². The Kier molecular flexibility index (Phi) is 3.55. The average molecular weight is 209 g/mol. The molecule has 72 valence electrons. The third-order valence-corrected chi connectivity index (χ3v) is 1.81. The highest BCUT2D eigenvalue weighted by atomic mass is 35.5. The molecule has 0 aromatic heterocycles. The monoisotopic (exact) mass is 208 g/mol. The maximum atomic E-state index is 11.4. The molecule has 3 heteroatoms. The van der Waals surface area contributed by atoms with Crippen molar-refractivity contribution in [3.63, 3.8) is 0 Å². The van der Waals surface area contributed by atoms with E-state index in [0.29, 0.717) is 10.6 Å². The van der Waals surface area contributed by atoms with E-state index in [9.17, 15) is 4.79 Å². The number of esters is 1.